The molecule has 24 heavy (non-hydrogen) atoms. The minimum Gasteiger partial charge on any atom is -0.383 e. The van der Waals surface area contributed by atoms with Gasteiger partial charge in [-0.1, -0.05) is 18.2 Å². The first-order valence-electron chi connectivity index (χ1n) is 8.02. The van der Waals surface area contributed by atoms with Crippen molar-refractivity contribution in [3.63, 3.8) is 0 Å². The third-order valence-electron chi connectivity index (χ3n) is 4.38. The topological polar surface area (TPSA) is 79.2 Å². The van der Waals surface area contributed by atoms with E-state index in [1.807, 2.05) is 26.0 Å². The van der Waals surface area contributed by atoms with Crippen molar-refractivity contribution in [2.45, 2.75) is 39.3 Å². The smallest absolute Gasteiger partial charge is 0.315 e. The number of carbonyl (C=O) groups excluding carboxylic acids is 1. The number of urea groups is 1. The molecule has 0 saturated heterocycles. The maximum absolute atomic E-state index is 12.2. The molecular formula is C18H26N4O2. The Labute approximate surface area is 142 Å². The van der Waals surface area contributed by atoms with Crippen molar-refractivity contribution < 1.29 is 9.90 Å². The van der Waals surface area contributed by atoms with Crippen molar-refractivity contribution >= 4 is 6.03 Å². The molecule has 3 N–H and O–H groups in total. The second-order valence-corrected chi connectivity index (χ2v) is 6.51. The zero-order valence-electron chi connectivity index (χ0n) is 14.9. The largest absolute Gasteiger partial charge is 0.383 e. The van der Waals surface area contributed by atoms with Gasteiger partial charge in [0, 0.05) is 18.8 Å². The maximum Gasteiger partial charge on any atom is 0.315 e. The van der Waals surface area contributed by atoms with Crippen molar-refractivity contribution in [2.75, 3.05) is 6.54 Å². The fraction of sp³-hybridized carbons (Fsp3) is 0.444. The maximum atomic E-state index is 12.2. The predicted octanol–water partition coefficient (Wildman–Crippen LogP) is 2.30. The van der Waals surface area contributed by atoms with Crippen LogP contribution in [-0.4, -0.2) is 27.5 Å². The summed E-state index contributed by atoms with van der Waals surface area (Å²) in [6, 6.07) is 5.62. The number of carbonyl (C=O) groups is 1. The van der Waals surface area contributed by atoms with E-state index in [1.165, 1.54) is 11.1 Å². The van der Waals surface area contributed by atoms with Gasteiger partial charge in [-0.25, -0.2) is 4.79 Å². The first-order valence-corrected chi connectivity index (χ1v) is 8.02. The van der Waals surface area contributed by atoms with Gasteiger partial charge in [0.05, 0.1) is 18.8 Å². The van der Waals surface area contributed by atoms with Gasteiger partial charge in [0.2, 0.25) is 0 Å². The third kappa shape index (κ3) is 4.14. The quantitative estimate of drug-likeness (QED) is 0.787. The van der Waals surface area contributed by atoms with Crippen LogP contribution in [0.4, 0.5) is 4.79 Å². The fourth-order valence-electron chi connectivity index (χ4n) is 2.62. The summed E-state index contributed by atoms with van der Waals surface area (Å²) in [5.74, 6) is 0. The van der Waals surface area contributed by atoms with E-state index in [2.05, 4.69) is 28.7 Å². The lowest BCUT2D eigenvalue weighted by Crippen LogP contribution is -2.44. The summed E-state index contributed by atoms with van der Waals surface area (Å²) in [7, 11) is 1.78. The molecule has 1 aromatic heterocycles. The van der Waals surface area contributed by atoms with E-state index >= 15 is 0 Å². The minimum absolute atomic E-state index is 0.101. The van der Waals surface area contributed by atoms with Crippen LogP contribution in [-0.2, 0) is 12.6 Å². The van der Waals surface area contributed by atoms with Crippen molar-refractivity contribution in [1.29, 1.82) is 0 Å². The standard InChI is InChI=1S/C18H26N4O2/c1-12-7-6-8-16(13(12)2)14(3)21-17(23)19-11-18(4,24)15-9-20-22(5)10-15/h6-10,14,24H,11H2,1-5H3,(H2,19,21,23). The summed E-state index contributed by atoms with van der Waals surface area (Å²) >= 11 is 0. The molecule has 0 spiro atoms. The van der Waals surface area contributed by atoms with Gasteiger partial charge in [0.25, 0.3) is 0 Å². The van der Waals surface area contributed by atoms with Gasteiger partial charge in [0.15, 0.2) is 0 Å². The monoisotopic (exact) mass is 330 g/mol. The lowest BCUT2D eigenvalue weighted by molar-refractivity contribution is 0.0592. The van der Waals surface area contributed by atoms with Crippen LogP contribution in [0.3, 0.4) is 0 Å². The third-order valence-corrected chi connectivity index (χ3v) is 4.38. The van der Waals surface area contributed by atoms with Gasteiger partial charge in [-0.15, -0.1) is 0 Å². The lowest BCUT2D eigenvalue weighted by Gasteiger charge is -2.24. The highest BCUT2D eigenvalue weighted by Gasteiger charge is 2.25. The number of aryl methyl sites for hydroxylation is 2. The molecule has 130 valence electrons. The zero-order chi connectivity index (χ0) is 17.9. The number of rotatable bonds is 5. The van der Waals surface area contributed by atoms with E-state index in [1.54, 1.807) is 31.0 Å². The van der Waals surface area contributed by atoms with Crippen LogP contribution >= 0.6 is 0 Å². The molecule has 0 bridgehead atoms. The Bertz CT molecular complexity index is 722. The molecule has 6 heteroatoms. The molecule has 0 aliphatic rings. The van der Waals surface area contributed by atoms with Gasteiger partial charge in [-0.2, -0.15) is 5.10 Å². The van der Waals surface area contributed by atoms with Crippen molar-refractivity contribution in [1.82, 2.24) is 20.4 Å². The number of aliphatic hydroxyl groups is 1. The Morgan fingerprint density at radius 1 is 1.42 bits per heavy atom. The SMILES string of the molecule is Cc1cccc(C(C)NC(=O)NCC(C)(O)c2cnn(C)c2)c1C. The molecule has 2 unspecified atom stereocenters. The van der Waals surface area contributed by atoms with E-state index in [0.717, 1.165) is 5.56 Å². The molecule has 0 aliphatic carbocycles. The van der Waals surface area contributed by atoms with Crippen LogP contribution in [0.15, 0.2) is 30.6 Å². The molecule has 2 rings (SSSR count). The molecule has 1 aromatic carbocycles. The molecule has 0 aliphatic heterocycles. The van der Waals surface area contributed by atoms with Crippen LogP contribution in [0.2, 0.25) is 0 Å². The number of hydrogen-bond donors (Lipinski definition) is 3. The fourth-order valence-corrected chi connectivity index (χ4v) is 2.62. The summed E-state index contributed by atoms with van der Waals surface area (Å²) in [4.78, 5) is 12.2. The summed E-state index contributed by atoms with van der Waals surface area (Å²) in [5, 5.41) is 20.2. The zero-order valence-corrected chi connectivity index (χ0v) is 14.9. The second kappa shape index (κ2) is 7.05. The summed E-state index contributed by atoms with van der Waals surface area (Å²) in [6.07, 6.45) is 3.33. The van der Waals surface area contributed by atoms with Crippen LogP contribution in [0, 0.1) is 13.8 Å². The Balaban J connectivity index is 1.94. The molecular weight excluding hydrogens is 304 g/mol. The molecule has 6 nitrogen and oxygen atoms in total. The number of aromatic nitrogens is 2. The Kier molecular flexibility index (Phi) is 5.29. The minimum atomic E-state index is -1.17. The molecule has 2 amide bonds. The van der Waals surface area contributed by atoms with E-state index in [9.17, 15) is 9.90 Å². The molecule has 2 atom stereocenters. The van der Waals surface area contributed by atoms with Crippen molar-refractivity contribution in [3.8, 4) is 0 Å². The first-order chi connectivity index (χ1) is 11.2. The van der Waals surface area contributed by atoms with Gasteiger partial charge in [0.1, 0.15) is 5.60 Å². The highest BCUT2D eigenvalue weighted by atomic mass is 16.3. The highest BCUT2D eigenvalue weighted by Crippen LogP contribution is 2.20. The van der Waals surface area contributed by atoms with Gasteiger partial charge < -0.3 is 15.7 Å². The number of hydrogen-bond acceptors (Lipinski definition) is 3. The molecule has 0 radical (unpaired) electrons. The average Bonchev–Trinajstić information content (AvgIpc) is 2.95. The van der Waals surface area contributed by atoms with Crippen LogP contribution in [0.5, 0.6) is 0 Å². The van der Waals surface area contributed by atoms with E-state index in [4.69, 9.17) is 0 Å². The van der Waals surface area contributed by atoms with Crippen molar-refractivity contribution in [2.24, 2.45) is 7.05 Å². The Hall–Kier alpha value is -2.34. The number of nitrogens with one attached hydrogen (secondary N) is 2. The molecule has 0 saturated carbocycles. The molecule has 1 heterocycles. The molecule has 2 aromatic rings. The normalized spacial score (nSPS) is 14.8. The Morgan fingerprint density at radius 2 is 2.12 bits per heavy atom. The van der Waals surface area contributed by atoms with Crippen LogP contribution in [0.25, 0.3) is 0 Å². The number of nitrogens with zero attached hydrogens (tertiary/aromatic N) is 2. The van der Waals surface area contributed by atoms with Gasteiger partial charge >= 0.3 is 6.03 Å². The molecule has 0 fully saturated rings. The van der Waals surface area contributed by atoms with E-state index in [0.29, 0.717) is 5.56 Å². The van der Waals surface area contributed by atoms with Gasteiger partial charge in [-0.3, -0.25) is 4.68 Å². The predicted molar refractivity (Wildman–Crippen MR) is 93.6 cm³/mol. The first kappa shape index (κ1) is 18.0. The van der Waals surface area contributed by atoms with E-state index < -0.39 is 5.60 Å². The highest BCUT2D eigenvalue weighted by molar-refractivity contribution is 5.74. The van der Waals surface area contributed by atoms with Gasteiger partial charge in [-0.05, 0) is 44.4 Å². The van der Waals surface area contributed by atoms with Crippen LogP contribution in [0.1, 0.15) is 42.1 Å². The summed E-state index contributed by atoms with van der Waals surface area (Å²) < 4.78 is 1.62. The lowest BCUT2D eigenvalue weighted by atomic mass is 9.98. The van der Waals surface area contributed by atoms with E-state index in [-0.39, 0.29) is 18.6 Å². The van der Waals surface area contributed by atoms with Crippen molar-refractivity contribution in [3.05, 3.63) is 52.8 Å². The Morgan fingerprint density at radius 3 is 2.75 bits per heavy atom. The summed E-state index contributed by atoms with van der Waals surface area (Å²) in [5.41, 5.74) is 2.94. The average molecular weight is 330 g/mol. The summed E-state index contributed by atoms with van der Waals surface area (Å²) in [6.45, 7) is 7.80. The number of benzene rings is 1. The number of amides is 2. The second-order valence-electron chi connectivity index (χ2n) is 6.51. The van der Waals surface area contributed by atoms with Crippen LogP contribution < -0.4 is 10.6 Å².